The summed E-state index contributed by atoms with van der Waals surface area (Å²) in [4.78, 5) is 17.3. The van der Waals surface area contributed by atoms with Gasteiger partial charge in [-0.2, -0.15) is 4.31 Å². The lowest BCUT2D eigenvalue weighted by Crippen LogP contribution is -2.54. The fourth-order valence-electron chi connectivity index (χ4n) is 4.05. The second kappa shape index (κ2) is 9.26. The molecule has 8 heteroatoms. The van der Waals surface area contributed by atoms with Gasteiger partial charge >= 0.3 is 0 Å². The summed E-state index contributed by atoms with van der Waals surface area (Å²) in [5.41, 5.74) is 0.798. The van der Waals surface area contributed by atoms with E-state index in [0.29, 0.717) is 45.8 Å². The van der Waals surface area contributed by atoms with Crippen molar-refractivity contribution < 1.29 is 17.9 Å². The summed E-state index contributed by atoms with van der Waals surface area (Å²) in [5.74, 6) is -0.0567. The number of ether oxygens (including phenoxy) is 1. The van der Waals surface area contributed by atoms with Crippen LogP contribution in [-0.4, -0.2) is 74.4 Å². The van der Waals surface area contributed by atoms with Gasteiger partial charge in [0, 0.05) is 26.2 Å². The predicted octanol–water partition coefficient (Wildman–Crippen LogP) is 1.94. The van der Waals surface area contributed by atoms with Gasteiger partial charge in [-0.1, -0.05) is 48.5 Å². The predicted molar refractivity (Wildman–Crippen MR) is 113 cm³/mol. The molecule has 7 nitrogen and oxygen atoms in total. The van der Waals surface area contributed by atoms with Crippen molar-refractivity contribution in [1.29, 1.82) is 0 Å². The zero-order valence-corrected chi connectivity index (χ0v) is 17.7. The molecule has 1 unspecified atom stereocenters. The molecule has 0 aromatic heterocycles. The number of sulfonamides is 1. The molecule has 160 valence electrons. The lowest BCUT2D eigenvalue weighted by atomic mass is 10.1. The third-order valence-corrected chi connectivity index (χ3v) is 7.44. The molecule has 0 saturated carbocycles. The van der Waals surface area contributed by atoms with Crippen molar-refractivity contribution in [3.05, 3.63) is 66.2 Å². The second-order valence-electron chi connectivity index (χ2n) is 7.54. The molecule has 2 aromatic carbocycles. The molecule has 0 spiro atoms. The molecule has 2 fully saturated rings. The third kappa shape index (κ3) is 4.41. The summed E-state index contributed by atoms with van der Waals surface area (Å²) < 4.78 is 33.8. The SMILES string of the molecule is O=C(CN1CCOCC1)N1CCCN(S(=O)(=O)c2ccccc2)C1c1ccccc1. The number of benzene rings is 2. The molecule has 4 rings (SSSR count). The molecule has 0 aliphatic carbocycles. The average Bonchev–Trinajstić information content (AvgIpc) is 2.80. The molecule has 1 amide bonds. The number of carbonyl (C=O) groups excluding carboxylic acids is 1. The fraction of sp³-hybridized carbons (Fsp3) is 0.409. The first-order valence-corrected chi connectivity index (χ1v) is 11.7. The topological polar surface area (TPSA) is 70.2 Å². The standard InChI is InChI=1S/C22H27N3O4S/c26-21(18-23-14-16-29-17-15-23)24-12-7-13-25(22(24)19-8-3-1-4-9-19)30(27,28)20-10-5-2-6-11-20/h1-6,8-11,22H,7,12-18H2. The Balaban J connectivity index is 1.67. The molecule has 0 radical (unpaired) electrons. The highest BCUT2D eigenvalue weighted by atomic mass is 32.2. The Kier molecular flexibility index (Phi) is 6.48. The highest BCUT2D eigenvalue weighted by Crippen LogP contribution is 2.34. The first kappa shape index (κ1) is 21.0. The van der Waals surface area contributed by atoms with Crippen molar-refractivity contribution in [1.82, 2.24) is 14.1 Å². The van der Waals surface area contributed by atoms with Gasteiger partial charge in [-0.3, -0.25) is 9.69 Å². The Morgan fingerprint density at radius 3 is 2.20 bits per heavy atom. The monoisotopic (exact) mass is 429 g/mol. The van der Waals surface area contributed by atoms with Crippen LogP contribution in [0.4, 0.5) is 0 Å². The number of hydrogen-bond acceptors (Lipinski definition) is 5. The van der Waals surface area contributed by atoms with Gasteiger partial charge in [0.2, 0.25) is 15.9 Å². The number of amides is 1. The van der Waals surface area contributed by atoms with Crippen LogP contribution in [-0.2, 0) is 19.6 Å². The van der Waals surface area contributed by atoms with E-state index in [-0.39, 0.29) is 17.3 Å². The van der Waals surface area contributed by atoms with Gasteiger partial charge in [-0.25, -0.2) is 8.42 Å². The molecule has 30 heavy (non-hydrogen) atoms. The Hall–Kier alpha value is -2.26. The van der Waals surface area contributed by atoms with Crippen molar-refractivity contribution in [2.75, 3.05) is 45.9 Å². The van der Waals surface area contributed by atoms with Crippen LogP contribution in [0, 0.1) is 0 Å². The highest BCUT2D eigenvalue weighted by Gasteiger charge is 2.40. The number of morpholine rings is 1. The van der Waals surface area contributed by atoms with E-state index in [4.69, 9.17) is 4.74 Å². The minimum absolute atomic E-state index is 0.0567. The van der Waals surface area contributed by atoms with Crippen LogP contribution in [0.2, 0.25) is 0 Å². The van der Waals surface area contributed by atoms with Crippen molar-refractivity contribution in [2.45, 2.75) is 17.5 Å². The van der Waals surface area contributed by atoms with Gasteiger partial charge in [0.1, 0.15) is 6.17 Å². The van der Waals surface area contributed by atoms with Crippen molar-refractivity contribution >= 4 is 15.9 Å². The van der Waals surface area contributed by atoms with E-state index in [1.54, 1.807) is 35.2 Å². The summed E-state index contributed by atoms with van der Waals surface area (Å²) in [6.45, 7) is 3.82. The molecule has 0 N–H and O–H groups in total. The molecular formula is C22H27N3O4S. The number of carbonyl (C=O) groups is 1. The van der Waals surface area contributed by atoms with E-state index in [1.165, 1.54) is 4.31 Å². The van der Waals surface area contributed by atoms with E-state index >= 15 is 0 Å². The third-order valence-electron chi connectivity index (χ3n) is 5.58. The van der Waals surface area contributed by atoms with Crippen molar-refractivity contribution in [2.24, 2.45) is 0 Å². The lowest BCUT2D eigenvalue weighted by molar-refractivity contribution is -0.140. The Bertz CT molecular complexity index is 947. The van der Waals surface area contributed by atoms with Crippen LogP contribution in [0.5, 0.6) is 0 Å². The van der Waals surface area contributed by atoms with E-state index in [0.717, 1.165) is 5.56 Å². The maximum Gasteiger partial charge on any atom is 0.245 e. The van der Waals surface area contributed by atoms with Gasteiger partial charge < -0.3 is 9.64 Å². The fourth-order valence-corrected chi connectivity index (χ4v) is 5.69. The quantitative estimate of drug-likeness (QED) is 0.727. The zero-order chi connectivity index (χ0) is 21.0. The Morgan fingerprint density at radius 2 is 1.53 bits per heavy atom. The van der Waals surface area contributed by atoms with Gasteiger partial charge in [-0.05, 0) is 24.1 Å². The Labute approximate surface area is 177 Å². The molecule has 2 saturated heterocycles. The number of hydrogen-bond donors (Lipinski definition) is 0. The van der Waals surface area contributed by atoms with Gasteiger partial charge in [0.25, 0.3) is 0 Å². The second-order valence-corrected chi connectivity index (χ2v) is 9.43. The first-order chi connectivity index (χ1) is 14.6. The van der Waals surface area contributed by atoms with Gasteiger partial charge in [0.05, 0.1) is 24.7 Å². The van der Waals surface area contributed by atoms with Crippen LogP contribution >= 0.6 is 0 Å². The smallest absolute Gasteiger partial charge is 0.245 e. The highest BCUT2D eigenvalue weighted by molar-refractivity contribution is 7.89. The Morgan fingerprint density at radius 1 is 0.900 bits per heavy atom. The van der Waals surface area contributed by atoms with E-state index in [9.17, 15) is 13.2 Å². The molecule has 1 atom stereocenters. The molecular weight excluding hydrogens is 402 g/mol. The minimum Gasteiger partial charge on any atom is -0.379 e. The maximum atomic E-state index is 13.5. The van der Waals surface area contributed by atoms with E-state index in [2.05, 4.69) is 4.90 Å². The van der Waals surface area contributed by atoms with Crippen LogP contribution in [0.3, 0.4) is 0 Å². The van der Waals surface area contributed by atoms with Crippen LogP contribution in [0.1, 0.15) is 18.2 Å². The van der Waals surface area contributed by atoms with E-state index < -0.39 is 16.2 Å². The maximum absolute atomic E-state index is 13.5. The summed E-state index contributed by atoms with van der Waals surface area (Å²) in [6.07, 6.45) is -0.0525. The number of nitrogens with zero attached hydrogens (tertiary/aromatic N) is 3. The van der Waals surface area contributed by atoms with Crippen LogP contribution in [0.15, 0.2) is 65.6 Å². The van der Waals surface area contributed by atoms with Crippen molar-refractivity contribution in [3.8, 4) is 0 Å². The molecule has 2 aliphatic heterocycles. The largest absolute Gasteiger partial charge is 0.379 e. The van der Waals surface area contributed by atoms with Gasteiger partial charge in [0.15, 0.2) is 0 Å². The summed E-state index contributed by atoms with van der Waals surface area (Å²) in [6, 6.07) is 17.9. The van der Waals surface area contributed by atoms with Crippen molar-refractivity contribution in [3.63, 3.8) is 0 Å². The minimum atomic E-state index is -3.75. The summed E-state index contributed by atoms with van der Waals surface area (Å²) >= 11 is 0. The molecule has 2 heterocycles. The average molecular weight is 430 g/mol. The normalized spacial score (nSPS) is 21.5. The zero-order valence-electron chi connectivity index (χ0n) is 16.9. The first-order valence-electron chi connectivity index (χ1n) is 10.3. The summed E-state index contributed by atoms with van der Waals surface area (Å²) in [7, 11) is -3.75. The molecule has 2 aliphatic rings. The molecule has 2 aromatic rings. The molecule has 0 bridgehead atoms. The van der Waals surface area contributed by atoms with Crippen LogP contribution < -0.4 is 0 Å². The summed E-state index contributed by atoms with van der Waals surface area (Å²) in [5, 5.41) is 0. The van der Waals surface area contributed by atoms with Crippen LogP contribution in [0.25, 0.3) is 0 Å². The van der Waals surface area contributed by atoms with Gasteiger partial charge in [-0.15, -0.1) is 0 Å². The number of rotatable bonds is 5. The van der Waals surface area contributed by atoms with E-state index in [1.807, 2.05) is 30.3 Å². The lowest BCUT2D eigenvalue weighted by Gasteiger charge is -2.44.